The van der Waals surface area contributed by atoms with Crippen LogP contribution in [0.3, 0.4) is 0 Å². The SMILES string of the molecule is CC(C)(C)[C@@H]([NH3+])C[NH3+]. The maximum atomic E-state index is 3.97. The molecule has 50 valence electrons. The van der Waals surface area contributed by atoms with Gasteiger partial charge in [-0.3, -0.25) is 0 Å². The molecule has 0 aliphatic rings. The second-order valence-electron chi connectivity index (χ2n) is 3.35. The van der Waals surface area contributed by atoms with Crippen LogP contribution in [0.2, 0.25) is 0 Å². The molecule has 6 N–H and O–H groups in total. The fourth-order valence-corrected chi connectivity index (χ4v) is 0.433. The summed E-state index contributed by atoms with van der Waals surface area (Å²) >= 11 is 0. The Hall–Kier alpha value is -0.0800. The molecule has 0 aromatic heterocycles. The number of hydrogen-bond acceptors (Lipinski definition) is 0. The van der Waals surface area contributed by atoms with E-state index in [1.165, 1.54) is 0 Å². The predicted octanol–water partition coefficient (Wildman–Crippen LogP) is -1.12. The maximum Gasteiger partial charge on any atom is 0.139 e. The van der Waals surface area contributed by atoms with Crippen molar-refractivity contribution in [3.8, 4) is 0 Å². The van der Waals surface area contributed by atoms with Gasteiger partial charge in [-0.2, -0.15) is 0 Å². The first-order valence-electron chi connectivity index (χ1n) is 3.11. The summed E-state index contributed by atoms with van der Waals surface area (Å²) in [6.45, 7) is 7.50. The Bertz CT molecular complexity index is 63.4. The lowest BCUT2D eigenvalue weighted by atomic mass is 9.88. The first-order valence-corrected chi connectivity index (χ1v) is 3.11. The average Bonchev–Trinajstić information content (AvgIpc) is 1.62. The van der Waals surface area contributed by atoms with Crippen molar-refractivity contribution in [2.45, 2.75) is 26.8 Å². The van der Waals surface area contributed by atoms with Crippen molar-refractivity contribution >= 4 is 0 Å². The fourth-order valence-electron chi connectivity index (χ4n) is 0.433. The van der Waals surface area contributed by atoms with Crippen LogP contribution in [0, 0.1) is 5.41 Å². The number of hydrogen-bond donors (Lipinski definition) is 2. The van der Waals surface area contributed by atoms with E-state index in [0.717, 1.165) is 6.54 Å². The lowest BCUT2D eigenvalue weighted by molar-refractivity contribution is -0.510. The molecular formula is C6H18N2+2. The summed E-state index contributed by atoms with van der Waals surface area (Å²) < 4.78 is 0. The van der Waals surface area contributed by atoms with Crippen molar-refractivity contribution in [3.63, 3.8) is 0 Å². The van der Waals surface area contributed by atoms with Crippen molar-refractivity contribution in [2.75, 3.05) is 6.54 Å². The normalized spacial score (nSPS) is 16.1. The van der Waals surface area contributed by atoms with Gasteiger partial charge in [-0.15, -0.1) is 0 Å². The molecule has 0 bridgehead atoms. The predicted molar refractivity (Wildman–Crippen MR) is 33.9 cm³/mol. The smallest absolute Gasteiger partial charge is 0.139 e. The van der Waals surface area contributed by atoms with Gasteiger partial charge < -0.3 is 11.5 Å². The highest BCUT2D eigenvalue weighted by Crippen LogP contribution is 2.13. The Morgan fingerprint density at radius 1 is 1.38 bits per heavy atom. The topological polar surface area (TPSA) is 55.3 Å². The minimum atomic E-state index is 0.335. The van der Waals surface area contributed by atoms with E-state index in [0.29, 0.717) is 11.5 Å². The molecule has 1 atom stereocenters. The van der Waals surface area contributed by atoms with E-state index < -0.39 is 0 Å². The summed E-state index contributed by atoms with van der Waals surface area (Å²) in [5, 5.41) is 0. The van der Waals surface area contributed by atoms with E-state index >= 15 is 0 Å². The zero-order valence-corrected chi connectivity index (χ0v) is 6.20. The Morgan fingerprint density at radius 2 is 1.75 bits per heavy atom. The van der Waals surface area contributed by atoms with Crippen LogP contribution in [0.25, 0.3) is 0 Å². The van der Waals surface area contributed by atoms with Crippen LogP contribution in [-0.2, 0) is 0 Å². The van der Waals surface area contributed by atoms with Gasteiger partial charge in [0.2, 0.25) is 0 Å². The second-order valence-corrected chi connectivity index (χ2v) is 3.35. The number of rotatable bonds is 1. The Morgan fingerprint density at radius 3 is 1.75 bits per heavy atom. The van der Waals surface area contributed by atoms with Crippen LogP contribution in [0.15, 0.2) is 0 Å². The molecule has 2 heteroatoms. The molecule has 2 nitrogen and oxygen atoms in total. The van der Waals surface area contributed by atoms with Crippen molar-refractivity contribution in [2.24, 2.45) is 5.41 Å². The minimum absolute atomic E-state index is 0.335. The molecule has 0 saturated heterocycles. The molecule has 0 aliphatic carbocycles. The summed E-state index contributed by atoms with van der Waals surface area (Å²) in [6.07, 6.45) is 0. The average molecular weight is 118 g/mol. The van der Waals surface area contributed by atoms with Gasteiger partial charge in [0.05, 0.1) is 0 Å². The van der Waals surface area contributed by atoms with E-state index in [1.54, 1.807) is 0 Å². The molecule has 0 fully saturated rings. The highest BCUT2D eigenvalue weighted by atomic mass is 14.7. The van der Waals surface area contributed by atoms with E-state index in [2.05, 4.69) is 32.2 Å². The first-order chi connectivity index (χ1) is 3.48. The minimum Gasteiger partial charge on any atom is -0.353 e. The summed E-state index contributed by atoms with van der Waals surface area (Å²) in [7, 11) is 0. The van der Waals surface area contributed by atoms with Crippen LogP contribution < -0.4 is 11.5 Å². The lowest BCUT2D eigenvalue weighted by Crippen LogP contribution is -2.76. The van der Waals surface area contributed by atoms with Gasteiger partial charge in [-0.25, -0.2) is 0 Å². The van der Waals surface area contributed by atoms with E-state index in [1.807, 2.05) is 0 Å². The zero-order chi connectivity index (χ0) is 6.78. The van der Waals surface area contributed by atoms with Gasteiger partial charge in [0.15, 0.2) is 0 Å². The van der Waals surface area contributed by atoms with Crippen LogP contribution in [0.1, 0.15) is 20.8 Å². The number of quaternary nitrogens is 2. The standard InChI is InChI=1S/C6H16N2/c1-6(2,3)5(8)4-7/h5H,4,7-8H2,1-3H3/p+2/t5-/m0/s1. The maximum absolute atomic E-state index is 3.97. The second kappa shape index (κ2) is 2.46. The highest BCUT2D eigenvalue weighted by molar-refractivity contribution is 4.68. The summed E-state index contributed by atoms with van der Waals surface area (Å²) in [5.74, 6) is 0. The Labute approximate surface area is 51.2 Å². The third-order valence-corrected chi connectivity index (χ3v) is 1.57. The Balaban J connectivity index is 3.62. The van der Waals surface area contributed by atoms with Gasteiger partial charge in [0.1, 0.15) is 12.6 Å². The molecule has 0 aliphatic heterocycles. The van der Waals surface area contributed by atoms with E-state index in [9.17, 15) is 0 Å². The van der Waals surface area contributed by atoms with Crippen LogP contribution in [-0.4, -0.2) is 12.6 Å². The largest absolute Gasteiger partial charge is 0.353 e. The van der Waals surface area contributed by atoms with Gasteiger partial charge in [-0.1, -0.05) is 20.8 Å². The van der Waals surface area contributed by atoms with Gasteiger partial charge in [0.25, 0.3) is 0 Å². The van der Waals surface area contributed by atoms with Gasteiger partial charge >= 0.3 is 0 Å². The molecule has 0 aromatic rings. The molecular weight excluding hydrogens is 100 g/mol. The molecule has 0 amide bonds. The highest BCUT2D eigenvalue weighted by Gasteiger charge is 2.23. The quantitative estimate of drug-likeness (QED) is 0.438. The zero-order valence-electron chi connectivity index (χ0n) is 6.20. The third kappa shape index (κ3) is 2.28. The van der Waals surface area contributed by atoms with Crippen LogP contribution in [0.4, 0.5) is 0 Å². The monoisotopic (exact) mass is 118 g/mol. The van der Waals surface area contributed by atoms with Crippen LogP contribution >= 0.6 is 0 Å². The van der Waals surface area contributed by atoms with Crippen molar-refractivity contribution < 1.29 is 11.5 Å². The molecule has 0 unspecified atom stereocenters. The summed E-state index contributed by atoms with van der Waals surface area (Å²) in [6, 6.07) is 0.488. The summed E-state index contributed by atoms with van der Waals surface area (Å²) in [5.41, 5.74) is 8.09. The molecule has 0 radical (unpaired) electrons. The van der Waals surface area contributed by atoms with E-state index in [-0.39, 0.29) is 0 Å². The lowest BCUT2D eigenvalue weighted by Gasteiger charge is -2.19. The molecule has 0 aromatic carbocycles. The van der Waals surface area contributed by atoms with Crippen molar-refractivity contribution in [1.82, 2.24) is 0 Å². The van der Waals surface area contributed by atoms with Gasteiger partial charge in [-0.05, 0) is 0 Å². The van der Waals surface area contributed by atoms with Crippen LogP contribution in [0.5, 0.6) is 0 Å². The molecule has 0 saturated carbocycles. The van der Waals surface area contributed by atoms with E-state index in [4.69, 9.17) is 0 Å². The van der Waals surface area contributed by atoms with Crippen molar-refractivity contribution in [1.29, 1.82) is 0 Å². The molecule has 0 rings (SSSR count). The first kappa shape index (κ1) is 7.92. The summed E-state index contributed by atoms with van der Waals surface area (Å²) in [4.78, 5) is 0. The molecule has 0 spiro atoms. The Kier molecular flexibility index (Phi) is 2.44. The molecule has 8 heavy (non-hydrogen) atoms. The fraction of sp³-hybridized carbons (Fsp3) is 1.00. The van der Waals surface area contributed by atoms with Crippen molar-refractivity contribution in [3.05, 3.63) is 0 Å². The third-order valence-electron chi connectivity index (χ3n) is 1.57. The molecule has 0 heterocycles. The van der Waals surface area contributed by atoms with Gasteiger partial charge in [0, 0.05) is 5.41 Å².